The van der Waals surface area contributed by atoms with Crippen molar-refractivity contribution in [2.24, 2.45) is 11.0 Å². The standard InChI is InChI=1S/C18H21N3O3S/c1-10-3-4-15-12(5-10)6-16(25-15)18(24)21-20-8-14-13(9-22)7-19-11(2)17(14)23/h6-8,10,22-23H,3-5,9H2,1-2H3,(H,21,24). The van der Waals surface area contributed by atoms with E-state index < -0.39 is 0 Å². The van der Waals surface area contributed by atoms with Crippen molar-refractivity contribution in [3.05, 3.63) is 44.4 Å². The number of amides is 1. The molecule has 0 spiro atoms. The number of carbonyl (C=O) groups is 1. The molecular formula is C18H21N3O3S. The number of fused-ring (bicyclic) bond motifs is 1. The summed E-state index contributed by atoms with van der Waals surface area (Å²) in [6.45, 7) is 3.61. The van der Waals surface area contributed by atoms with E-state index in [4.69, 9.17) is 0 Å². The number of hydrogen-bond acceptors (Lipinski definition) is 6. The lowest BCUT2D eigenvalue weighted by molar-refractivity contribution is 0.0959. The molecule has 2 aromatic heterocycles. The number of aromatic nitrogens is 1. The minimum atomic E-state index is -0.272. The summed E-state index contributed by atoms with van der Waals surface area (Å²) in [6, 6.07) is 1.95. The number of thiophene rings is 1. The molecule has 0 aliphatic heterocycles. The number of nitrogens with zero attached hydrogens (tertiary/aromatic N) is 2. The van der Waals surface area contributed by atoms with Crippen LogP contribution < -0.4 is 5.43 Å². The van der Waals surface area contributed by atoms with Crippen LogP contribution in [0.3, 0.4) is 0 Å². The number of pyridine rings is 1. The molecule has 0 aromatic carbocycles. The van der Waals surface area contributed by atoms with Gasteiger partial charge in [-0.25, -0.2) is 5.43 Å². The molecule has 132 valence electrons. The van der Waals surface area contributed by atoms with Crippen LogP contribution in [0.1, 0.15) is 50.3 Å². The van der Waals surface area contributed by atoms with Gasteiger partial charge < -0.3 is 10.2 Å². The number of rotatable bonds is 4. The number of aliphatic hydroxyl groups is 1. The Kier molecular flexibility index (Phi) is 5.15. The lowest BCUT2D eigenvalue weighted by Gasteiger charge is -2.16. The third kappa shape index (κ3) is 3.72. The molecule has 6 nitrogen and oxygen atoms in total. The molecule has 7 heteroatoms. The molecule has 0 fully saturated rings. The van der Waals surface area contributed by atoms with Crippen molar-refractivity contribution >= 4 is 23.5 Å². The van der Waals surface area contributed by atoms with Crippen molar-refractivity contribution in [2.75, 3.05) is 0 Å². The summed E-state index contributed by atoms with van der Waals surface area (Å²) in [4.78, 5) is 18.2. The molecule has 0 saturated carbocycles. The Labute approximate surface area is 150 Å². The predicted octanol–water partition coefficient (Wildman–Crippen LogP) is 2.54. The highest BCUT2D eigenvalue weighted by atomic mass is 32.1. The van der Waals surface area contributed by atoms with Gasteiger partial charge in [0, 0.05) is 22.2 Å². The number of aliphatic hydroxyl groups excluding tert-OH is 1. The van der Waals surface area contributed by atoms with Crippen LogP contribution in [0.15, 0.2) is 17.4 Å². The van der Waals surface area contributed by atoms with Gasteiger partial charge in [-0.1, -0.05) is 6.92 Å². The molecule has 1 aliphatic carbocycles. The number of carbonyl (C=O) groups excluding carboxylic acids is 1. The Morgan fingerprint density at radius 1 is 1.56 bits per heavy atom. The number of hydrazone groups is 1. The Morgan fingerprint density at radius 2 is 2.36 bits per heavy atom. The van der Waals surface area contributed by atoms with Gasteiger partial charge in [0.1, 0.15) is 5.75 Å². The van der Waals surface area contributed by atoms with Crippen molar-refractivity contribution in [1.29, 1.82) is 0 Å². The average Bonchev–Trinajstić information content (AvgIpc) is 3.02. The summed E-state index contributed by atoms with van der Waals surface area (Å²) in [5.74, 6) is 0.343. The van der Waals surface area contributed by atoms with Gasteiger partial charge in [0.15, 0.2) is 0 Å². The molecule has 1 atom stereocenters. The predicted molar refractivity (Wildman–Crippen MR) is 97.1 cm³/mol. The van der Waals surface area contributed by atoms with Crippen molar-refractivity contribution in [2.45, 2.75) is 39.7 Å². The van der Waals surface area contributed by atoms with Crippen LogP contribution in [0.2, 0.25) is 0 Å². The van der Waals surface area contributed by atoms with Gasteiger partial charge in [-0.3, -0.25) is 9.78 Å². The molecule has 0 bridgehead atoms. The van der Waals surface area contributed by atoms with E-state index in [-0.39, 0.29) is 18.3 Å². The lowest BCUT2D eigenvalue weighted by atomic mass is 9.90. The first kappa shape index (κ1) is 17.6. The quantitative estimate of drug-likeness (QED) is 0.577. The first-order valence-electron chi connectivity index (χ1n) is 8.23. The molecule has 25 heavy (non-hydrogen) atoms. The third-order valence-corrected chi connectivity index (χ3v) is 5.68. The van der Waals surface area contributed by atoms with Gasteiger partial charge in [0.25, 0.3) is 5.91 Å². The van der Waals surface area contributed by atoms with E-state index in [9.17, 15) is 15.0 Å². The summed E-state index contributed by atoms with van der Waals surface area (Å²) in [6.07, 6.45) is 6.03. The summed E-state index contributed by atoms with van der Waals surface area (Å²) in [5, 5.41) is 23.3. The Hall–Kier alpha value is -2.25. The van der Waals surface area contributed by atoms with Gasteiger partial charge in [-0.05, 0) is 43.7 Å². The zero-order valence-corrected chi connectivity index (χ0v) is 15.1. The highest BCUT2D eigenvalue weighted by Gasteiger charge is 2.20. The average molecular weight is 359 g/mol. The number of aryl methyl sites for hydroxylation is 2. The fourth-order valence-corrected chi connectivity index (χ4v) is 4.05. The van der Waals surface area contributed by atoms with E-state index in [1.165, 1.54) is 34.2 Å². The minimum absolute atomic E-state index is 0.0508. The van der Waals surface area contributed by atoms with E-state index in [1.54, 1.807) is 6.92 Å². The third-order valence-electron chi connectivity index (χ3n) is 4.44. The van der Waals surface area contributed by atoms with Gasteiger partial charge in [-0.15, -0.1) is 11.3 Å². The highest BCUT2D eigenvalue weighted by Crippen LogP contribution is 2.32. The van der Waals surface area contributed by atoms with Crippen LogP contribution in [-0.2, 0) is 19.4 Å². The molecular weight excluding hydrogens is 338 g/mol. The van der Waals surface area contributed by atoms with Crippen molar-refractivity contribution in [1.82, 2.24) is 10.4 Å². The second kappa shape index (κ2) is 7.33. The van der Waals surface area contributed by atoms with E-state index in [1.807, 2.05) is 6.07 Å². The van der Waals surface area contributed by atoms with Crippen LogP contribution in [-0.4, -0.2) is 27.3 Å². The first-order valence-corrected chi connectivity index (χ1v) is 9.04. The van der Waals surface area contributed by atoms with Crippen molar-refractivity contribution < 1.29 is 15.0 Å². The number of aromatic hydroxyl groups is 1. The van der Waals surface area contributed by atoms with Gasteiger partial charge >= 0.3 is 0 Å². The Bertz CT molecular complexity index is 829. The van der Waals surface area contributed by atoms with Crippen molar-refractivity contribution in [3.8, 4) is 5.75 Å². The smallest absolute Gasteiger partial charge is 0.281 e. The zero-order valence-electron chi connectivity index (χ0n) is 14.2. The van der Waals surface area contributed by atoms with Crippen LogP contribution in [0.4, 0.5) is 0 Å². The maximum atomic E-state index is 12.3. The molecule has 0 saturated heterocycles. The topological polar surface area (TPSA) is 94.8 Å². The van der Waals surface area contributed by atoms with E-state index >= 15 is 0 Å². The highest BCUT2D eigenvalue weighted by molar-refractivity contribution is 7.14. The van der Waals surface area contributed by atoms with Crippen molar-refractivity contribution in [3.63, 3.8) is 0 Å². The first-order chi connectivity index (χ1) is 12.0. The van der Waals surface area contributed by atoms with E-state index in [0.717, 1.165) is 19.3 Å². The molecule has 0 radical (unpaired) electrons. The second-order valence-electron chi connectivity index (χ2n) is 6.40. The second-order valence-corrected chi connectivity index (χ2v) is 7.53. The fourth-order valence-electron chi connectivity index (χ4n) is 2.95. The monoisotopic (exact) mass is 359 g/mol. The van der Waals surface area contributed by atoms with Crippen LogP contribution >= 0.6 is 11.3 Å². The molecule has 3 rings (SSSR count). The van der Waals surface area contributed by atoms with Crippen LogP contribution in [0.5, 0.6) is 5.75 Å². The zero-order chi connectivity index (χ0) is 18.0. The Balaban J connectivity index is 1.73. The van der Waals surface area contributed by atoms with Crippen LogP contribution in [0, 0.1) is 12.8 Å². The van der Waals surface area contributed by atoms with Crippen LogP contribution in [0.25, 0.3) is 0 Å². The molecule has 1 unspecified atom stereocenters. The summed E-state index contributed by atoms with van der Waals surface area (Å²) < 4.78 is 0. The van der Waals surface area contributed by atoms with E-state index in [0.29, 0.717) is 27.6 Å². The number of hydrogen-bond donors (Lipinski definition) is 3. The van der Waals surface area contributed by atoms with Gasteiger partial charge in [-0.2, -0.15) is 5.10 Å². The lowest BCUT2D eigenvalue weighted by Crippen LogP contribution is -2.16. The molecule has 3 N–H and O–H groups in total. The molecule has 1 aliphatic rings. The summed E-state index contributed by atoms with van der Waals surface area (Å²) in [7, 11) is 0. The fraction of sp³-hybridized carbons (Fsp3) is 0.389. The maximum Gasteiger partial charge on any atom is 0.281 e. The molecule has 2 aromatic rings. The summed E-state index contributed by atoms with van der Waals surface area (Å²) in [5.41, 5.74) is 5.00. The molecule has 2 heterocycles. The van der Waals surface area contributed by atoms with E-state index in [2.05, 4.69) is 22.4 Å². The van der Waals surface area contributed by atoms with Gasteiger partial charge in [0.05, 0.1) is 23.4 Å². The van der Waals surface area contributed by atoms with Gasteiger partial charge in [0.2, 0.25) is 0 Å². The minimum Gasteiger partial charge on any atom is -0.505 e. The Morgan fingerprint density at radius 3 is 3.12 bits per heavy atom. The normalized spacial score (nSPS) is 16.8. The number of nitrogens with one attached hydrogen (secondary N) is 1. The molecule has 1 amide bonds. The summed E-state index contributed by atoms with van der Waals surface area (Å²) >= 11 is 1.52. The largest absolute Gasteiger partial charge is 0.505 e. The SMILES string of the molecule is Cc1ncc(CO)c(C=NNC(=O)c2cc3c(s2)CCC(C)C3)c1O. The maximum absolute atomic E-state index is 12.3.